The normalized spacial score (nSPS) is 9.92. The molecule has 6 nitrogen and oxygen atoms in total. The molecule has 70 valence electrons. The third-order valence-electron chi connectivity index (χ3n) is 1.54. The van der Waals surface area contributed by atoms with Crippen LogP contribution < -0.4 is 5.11 Å². The topological polar surface area (TPSA) is 96.4 Å². The maximum atomic E-state index is 10.4. The van der Waals surface area contributed by atoms with E-state index >= 15 is 0 Å². The number of furan rings is 1. The van der Waals surface area contributed by atoms with E-state index in [0.717, 1.165) is 6.07 Å². The van der Waals surface area contributed by atoms with Crippen molar-refractivity contribution in [1.82, 2.24) is 0 Å². The second kappa shape index (κ2) is 3.26. The van der Waals surface area contributed by atoms with E-state index in [-0.39, 0.29) is 5.56 Å². The number of aromatic carboxylic acids is 1. The minimum Gasteiger partial charge on any atom is -0.542 e. The van der Waals surface area contributed by atoms with Gasteiger partial charge in [-0.1, -0.05) is 6.92 Å². The van der Waals surface area contributed by atoms with Crippen LogP contribution in [0.15, 0.2) is 10.5 Å². The first-order chi connectivity index (χ1) is 6.06. The van der Waals surface area contributed by atoms with Gasteiger partial charge in [-0.25, -0.2) is 0 Å². The molecule has 0 bridgehead atoms. The summed E-state index contributed by atoms with van der Waals surface area (Å²) in [4.78, 5) is 19.8. The molecule has 0 unspecified atom stereocenters. The Morgan fingerprint density at radius 3 is 2.62 bits per heavy atom. The summed E-state index contributed by atoms with van der Waals surface area (Å²) in [5.74, 6) is -2.57. The number of hydrogen-bond acceptors (Lipinski definition) is 5. The monoisotopic (exact) mass is 184 g/mol. The number of hydrogen-bond donors (Lipinski definition) is 0. The first kappa shape index (κ1) is 9.24. The fraction of sp³-hybridized carbons (Fsp3) is 0.286. The number of carboxylic acids is 1. The van der Waals surface area contributed by atoms with Crippen LogP contribution in [0, 0.1) is 10.1 Å². The fourth-order valence-electron chi connectivity index (χ4n) is 0.940. The van der Waals surface area contributed by atoms with E-state index in [1.54, 1.807) is 6.92 Å². The lowest BCUT2D eigenvalue weighted by Gasteiger charge is -1.97. The summed E-state index contributed by atoms with van der Waals surface area (Å²) in [5, 5.41) is 20.6. The molecule has 0 aliphatic carbocycles. The summed E-state index contributed by atoms with van der Waals surface area (Å²) in [5.41, 5.74) is 0.270. The van der Waals surface area contributed by atoms with Crippen molar-refractivity contribution in [3.8, 4) is 0 Å². The van der Waals surface area contributed by atoms with E-state index in [4.69, 9.17) is 0 Å². The molecule has 6 heteroatoms. The van der Waals surface area contributed by atoms with Crippen molar-refractivity contribution in [2.45, 2.75) is 13.3 Å². The highest BCUT2D eigenvalue weighted by Crippen LogP contribution is 2.21. The standard InChI is InChI=1S/C7H7NO5/c1-2-4-3-5(8(11)12)13-6(4)7(9)10/h3H,2H2,1H3,(H,9,10)/p-1. The van der Waals surface area contributed by atoms with Crippen LogP contribution in [0.25, 0.3) is 0 Å². The predicted molar refractivity (Wildman–Crippen MR) is 39.1 cm³/mol. The summed E-state index contributed by atoms with van der Waals surface area (Å²) >= 11 is 0. The maximum Gasteiger partial charge on any atom is 0.433 e. The molecule has 0 atom stereocenters. The zero-order valence-electron chi connectivity index (χ0n) is 6.77. The average molecular weight is 184 g/mol. The fourth-order valence-corrected chi connectivity index (χ4v) is 0.940. The number of rotatable bonds is 3. The van der Waals surface area contributed by atoms with E-state index in [1.807, 2.05) is 0 Å². The summed E-state index contributed by atoms with van der Waals surface area (Å²) in [6.45, 7) is 1.67. The van der Waals surface area contributed by atoms with Crippen molar-refractivity contribution < 1.29 is 19.2 Å². The lowest BCUT2D eigenvalue weighted by atomic mass is 10.2. The number of carbonyl (C=O) groups excluding carboxylic acids is 1. The van der Waals surface area contributed by atoms with Gasteiger partial charge in [0.15, 0.2) is 5.76 Å². The number of carbonyl (C=O) groups is 1. The second-order valence-electron chi connectivity index (χ2n) is 2.34. The summed E-state index contributed by atoms with van der Waals surface area (Å²) < 4.78 is 4.47. The van der Waals surface area contributed by atoms with Crippen LogP contribution in [0.4, 0.5) is 5.88 Å². The molecule has 0 aliphatic heterocycles. The molecule has 0 saturated carbocycles. The molecule has 0 aromatic carbocycles. The van der Waals surface area contributed by atoms with Crippen LogP contribution in [0.2, 0.25) is 0 Å². The van der Waals surface area contributed by atoms with E-state index in [0.29, 0.717) is 6.42 Å². The largest absolute Gasteiger partial charge is 0.542 e. The predicted octanol–water partition coefficient (Wildman–Crippen LogP) is 0.114. The molecular weight excluding hydrogens is 178 g/mol. The number of nitrogens with zero attached hydrogens (tertiary/aromatic N) is 1. The highest BCUT2D eigenvalue weighted by molar-refractivity contribution is 5.84. The molecule has 13 heavy (non-hydrogen) atoms. The number of carboxylic acid groups (broad SMARTS) is 1. The molecule has 0 N–H and O–H groups in total. The first-order valence-electron chi connectivity index (χ1n) is 3.54. The van der Waals surface area contributed by atoms with Gasteiger partial charge in [-0.2, -0.15) is 0 Å². The summed E-state index contributed by atoms with van der Waals surface area (Å²) in [6, 6.07) is 1.09. The highest BCUT2D eigenvalue weighted by atomic mass is 16.6. The minimum absolute atomic E-state index is 0.270. The average Bonchev–Trinajstić information content (AvgIpc) is 2.47. The Morgan fingerprint density at radius 1 is 1.69 bits per heavy atom. The third-order valence-corrected chi connectivity index (χ3v) is 1.54. The van der Waals surface area contributed by atoms with Gasteiger partial charge in [0, 0.05) is 5.56 Å². The molecule has 0 spiro atoms. The lowest BCUT2D eigenvalue weighted by molar-refractivity contribution is -0.402. The van der Waals surface area contributed by atoms with Crippen molar-refractivity contribution in [3.63, 3.8) is 0 Å². The Labute approximate surface area is 72.9 Å². The molecule has 0 fully saturated rings. The molecule has 1 aromatic heterocycles. The van der Waals surface area contributed by atoms with Gasteiger partial charge in [0.1, 0.15) is 10.9 Å². The SMILES string of the molecule is CCc1cc([N+](=O)[O-])oc1C(=O)[O-]. The van der Waals surface area contributed by atoms with Crippen molar-refractivity contribution >= 4 is 11.9 Å². The Kier molecular flexibility index (Phi) is 2.32. The van der Waals surface area contributed by atoms with E-state index in [9.17, 15) is 20.0 Å². The zero-order valence-corrected chi connectivity index (χ0v) is 6.77. The molecule has 1 aromatic rings. The van der Waals surface area contributed by atoms with Gasteiger partial charge in [0.25, 0.3) is 0 Å². The molecule has 1 heterocycles. The Morgan fingerprint density at radius 2 is 2.31 bits per heavy atom. The lowest BCUT2D eigenvalue weighted by Crippen LogP contribution is -2.22. The van der Waals surface area contributed by atoms with Gasteiger partial charge >= 0.3 is 5.88 Å². The van der Waals surface area contributed by atoms with Crippen molar-refractivity contribution in [2.24, 2.45) is 0 Å². The van der Waals surface area contributed by atoms with E-state index in [2.05, 4.69) is 4.42 Å². The Hall–Kier alpha value is -1.85. The minimum atomic E-state index is -1.54. The van der Waals surface area contributed by atoms with Gasteiger partial charge in [-0.05, 0) is 6.42 Å². The van der Waals surface area contributed by atoms with Crippen molar-refractivity contribution in [3.05, 3.63) is 27.5 Å². The van der Waals surface area contributed by atoms with Crippen LogP contribution in [-0.4, -0.2) is 10.9 Å². The van der Waals surface area contributed by atoms with Crippen LogP contribution in [0.1, 0.15) is 23.0 Å². The Balaban J connectivity index is 3.19. The quantitative estimate of drug-likeness (QED) is 0.490. The van der Waals surface area contributed by atoms with Crippen molar-refractivity contribution in [1.29, 1.82) is 0 Å². The van der Waals surface area contributed by atoms with Gasteiger partial charge in [-0.15, -0.1) is 0 Å². The molecule has 1 rings (SSSR count). The maximum absolute atomic E-state index is 10.4. The molecule has 0 saturated heterocycles. The molecule has 0 amide bonds. The van der Waals surface area contributed by atoms with E-state index < -0.39 is 22.5 Å². The van der Waals surface area contributed by atoms with Crippen LogP contribution in [0.5, 0.6) is 0 Å². The summed E-state index contributed by atoms with van der Waals surface area (Å²) in [7, 11) is 0. The van der Waals surface area contributed by atoms with Gasteiger partial charge in [0.05, 0.1) is 6.07 Å². The smallest absolute Gasteiger partial charge is 0.433 e. The zero-order chi connectivity index (χ0) is 10.0. The van der Waals surface area contributed by atoms with Crippen LogP contribution in [0.3, 0.4) is 0 Å². The molecule has 0 radical (unpaired) electrons. The second-order valence-corrected chi connectivity index (χ2v) is 2.34. The Bertz CT molecular complexity index is 354. The van der Waals surface area contributed by atoms with E-state index in [1.165, 1.54) is 0 Å². The van der Waals surface area contributed by atoms with Gasteiger partial charge in [-0.3, -0.25) is 10.1 Å². The summed E-state index contributed by atoms with van der Waals surface area (Å²) in [6.07, 6.45) is 0.348. The first-order valence-corrected chi connectivity index (χ1v) is 3.54. The van der Waals surface area contributed by atoms with Crippen molar-refractivity contribution in [2.75, 3.05) is 0 Å². The highest BCUT2D eigenvalue weighted by Gasteiger charge is 2.17. The van der Waals surface area contributed by atoms with Gasteiger partial charge < -0.3 is 14.3 Å². The van der Waals surface area contributed by atoms with Crippen LogP contribution in [-0.2, 0) is 6.42 Å². The van der Waals surface area contributed by atoms with Gasteiger partial charge in [0.2, 0.25) is 0 Å². The van der Waals surface area contributed by atoms with Crippen LogP contribution >= 0.6 is 0 Å². The third kappa shape index (κ3) is 1.66. The molecule has 0 aliphatic rings. The number of aryl methyl sites for hydroxylation is 1. The number of nitro groups is 1. The molecular formula is C7H6NO5-.